The lowest BCUT2D eigenvalue weighted by molar-refractivity contribution is -0.132. The van der Waals surface area contributed by atoms with Crippen molar-refractivity contribution in [2.45, 2.75) is 224 Å². The van der Waals surface area contributed by atoms with Crippen molar-refractivity contribution in [3.05, 3.63) is 12.2 Å². The molecule has 0 aliphatic rings. The predicted octanol–water partition coefficient (Wildman–Crippen LogP) is 9.46. The largest absolute Gasteiger partial charge is 0.394 e. The number of amides is 1. The van der Waals surface area contributed by atoms with Gasteiger partial charge in [0.2, 0.25) is 5.91 Å². The van der Waals surface area contributed by atoms with Crippen LogP contribution in [0.15, 0.2) is 12.2 Å². The quantitative estimate of drug-likeness (QED) is 0.0350. The van der Waals surface area contributed by atoms with Crippen LogP contribution in [0.5, 0.6) is 0 Å². The number of aliphatic hydroxyl groups excluding tert-OH is 4. The molecule has 6 nitrogen and oxygen atoms in total. The number of unbranched alkanes of at least 4 members (excludes halogenated alkanes) is 24. The first-order valence-corrected chi connectivity index (χ1v) is 19.6. The molecule has 0 saturated carbocycles. The molecule has 0 aliphatic carbocycles. The Balaban J connectivity index is 3.68. The molecule has 0 saturated heterocycles. The summed E-state index contributed by atoms with van der Waals surface area (Å²) in [6.07, 6.45) is 35.5. The van der Waals surface area contributed by atoms with Gasteiger partial charge in [0.25, 0.3) is 0 Å². The Morgan fingerprint density at radius 1 is 0.533 bits per heavy atom. The van der Waals surface area contributed by atoms with Crippen LogP contribution in [0.2, 0.25) is 0 Å². The summed E-state index contributed by atoms with van der Waals surface area (Å²) in [7, 11) is 0. The Hall–Kier alpha value is -0.950. The highest BCUT2D eigenvalue weighted by Crippen LogP contribution is 2.16. The smallest absolute Gasteiger partial charge is 0.249 e. The normalized spacial score (nSPS) is 14.5. The van der Waals surface area contributed by atoms with Gasteiger partial charge in [0.05, 0.1) is 18.8 Å². The summed E-state index contributed by atoms with van der Waals surface area (Å²) in [6, 6.07) is -0.994. The van der Waals surface area contributed by atoms with E-state index in [4.69, 9.17) is 0 Å². The molecular formula is C39H77NO5. The Morgan fingerprint density at radius 3 is 1.33 bits per heavy atom. The third-order valence-electron chi connectivity index (χ3n) is 9.23. The van der Waals surface area contributed by atoms with Crippen molar-refractivity contribution in [2.24, 2.45) is 0 Å². The van der Waals surface area contributed by atoms with Gasteiger partial charge in [0.15, 0.2) is 0 Å². The van der Waals surface area contributed by atoms with Crippen LogP contribution in [0.4, 0.5) is 0 Å². The van der Waals surface area contributed by atoms with Gasteiger partial charge in [-0.15, -0.1) is 0 Å². The molecule has 0 spiro atoms. The summed E-state index contributed by atoms with van der Waals surface area (Å²) in [5, 5.41) is 43.2. The molecule has 5 N–H and O–H groups in total. The zero-order chi connectivity index (χ0) is 33.2. The average molecular weight is 640 g/mol. The van der Waals surface area contributed by atoms with E-state index in [1.54, 1.807) is 0 Å². The van der Waals surface area contributed by atoms with E-state index < -0.39 is 36.9 Å². The number of rotatable bonds is 35. The second-order valence-corrected chi connectivity index (χ2v) is 13.6. The third-order valence-corrected chi connectivity index (χ3v) is 9.23. The minimum absolute atomic E-state index is 0.367. The predicted molar refractivity (Wildman–Crippen MR) is 191 cm³/mol. The van der Waals surface area contributed by atoms with E-state index in [0.29, 0.717) is 12.8 Å². The second kappa shape index (κ2) is 34.4. The molecule has 0 unspecified atom stereocenters. The van der Waals surface area contributed by atoms with E-state index in [2.05, 4.69) is 31.3 Å². The van der Waals surface area contributed by atoms with E-state index in [1.165, 1.54) is 135 Å². The van der Waals surface area contributed by atoms with Crippen LogP contribution in [0.1, 0.15) is 200 Å². The van der Waals surface area contributed by atoms with Crippen molar-refractivity contribution >= 4 is 5.91 Å². The van der Waals surface area contributed by atoms with Gasteiger partial charge in [-0.2, -0.15) is 0 Å². The van der Waals surface area contributed by atoms with E-state index >= 15 is 0 Å². The number of carbonyl (C=O) groups excluding carboxylic acids is 1. The van der Waals surface area contributed by atoms with Crippen LogP contribution in [-0.2, 0) is 4.79 Å². The van der Waals surface area contributed by atoms with Crippen LogP contribution in [0, 0.1) is 0 Å². The second-order valence-electron chi connectivity index (χ2n) is 13.6. The lowest BCUT2D eigenvalue weighted by Crippen LogP contribution is -2.53. The Morgan fingerprint density at radius 2 is 0.911 bits per heavy atom. The average Bonchev–Trinajstić information content (AvgIpc) is 3.04. The molecule has 0 rings (SSSR count). The standard InChI is InChI=1S/C39H77NO5/c1-3-5-7-9-11-13-14-15-16-17-18-19-20-21-22-23-24-25-27-29-31-33-37(43)39(45)40-35(34-41)38(44)36(42)32-30-28-26-12-10-8-6-4-2/h12,26,35-38,41-44H,3-11,13-25,27-34H2,1-2H3,(H,40,45)/b26-12+/t35-,36+,37+,38-/m0/s1. The van der Waals surface area contributed by atoms with E-state index in [1.807, 2.05) is 0 Å². The van der Waals surface area contributed by atoms with Crippen molar-refractivity contribution in [2.75, 3.05) is 6.61 Å². The molecule has 0 heterocycles. The van der Waals surface area contributed by atoms with Crippen LogP contribution in [0.25, 0.3) is 0 Å². The summed E-state index contributed by atoms with van der Waals surface area (Å²) in [5.41, 5.74) is 0. The van der Waals surface area contributed by atoms with Gasteiger partial charge in [-0.3, -0.25) is 4.79 Å². The van der Waals surface area contributed by atoms with Gasteiger partial charge in [0.1, 0.15) is 12.2 Å². The first-order valence-electron chi connectivity index (χ1n) is 19.6. The molecule has 4 atom stereocenters. The maximum Gasteiger partial charge on any atom is 0.249 e. The van der Waals surface area contributed by atoms with Crippen molar-refractivity contribution in [1.82, 2.24) is 5.32 Å². The zero-order valence-corrected chi connectivity index (χ0v) is 29.9. The summed E-state index contributed by atoms with van der Waals surface area (Å²) in [4.78, 5) is 12.4. The number of nitrogens with one attached hydrogen (secondary N) is 1. The number of hydrogen-bond donors (Lipinski definition) is 5. The minimum Gasteiger partial charge on any atom is -0.394 e. The number of carbonyl (C=O) groups is 1. The van der Waals surface area contributed by atoms with Crippen molar-refractivity contribution < 1.29 is 25.2 Å². The summed E-state index contributed by atoms with van der Waals surface area (Å²) >= 11 is 0. The molecular weight excluding hydrogens is 562 g/mol. The van der Waals surface area contributed by atoms with Gasteiger partial charge in [-0.25, -0.2) is 0 Å². The highest BCUT2D eigenvalue weighted by atomic mass is 16.3. The molecule has 268 valence electrons. The highest BCUT2D eigenvalue weighted by Gasteiger charge is 2.28. The fourth-order valence-corrected chi connectivity index (χ4v) is 6.05. The molecule has 45 heavy (non-hydrogen) atoms. The zero-order valence-electron chi connectivity index (χ0n) is 29.9. The van der Waals surface area contributed by atoms with Crippen LogP contribution in [0.3, 0.4) is 0 Å². The van der Waals surface area contributed by atoms with Gasteiger partial charge in [-0.05, 0) is 38.5 Å². The van der Waals surface area contributed by atoms with Crippen LogP contribution in [-0.4, -0.2) is 57.3 Å². The monoisotopic (exact) mass is 640 g/mol. The lowest BCUT2D eigenvalue weighted by atomic mass is 10.00. The minimum atomic E-state index is -1.27. The number of aliphatic hydroxyl groups is 4. The topological polar surface area (TPSA) is 110 Å². The molecule has 1 amide bonds. The fourth-order valence-electron chi connectivity index (χ4n) is 6.05. The molecule has 0 fully saturated rings. The first kappa shape index (κ1) is 44.0. The maximum atomic E-state index is 12.4. The van der Waals surface area contributed by atoms with E-state index in [-0.39, 0.29) is 0 Å². The SMILES string of the molecule is CCCCC/C=C/CCC[C@@H](O)[C@@H](O)[C@H](CO)NC(=O)[C@H](O)CCCCCCCCCCCCCCCCCCCCCCC. The van der Waals surface area contributed by atoms with Crippen molar-refractivity contribution in [1.29, 1.82) is 0 Å². The van der Waals surface area contributed by atoms with Crippen LogP contribution < -0.4 is 5.32 Å². The van der Waals surface area contributed by atoms with Gasteiger partial charge < -0.3 is 25.7 Å². The molecule has 0 bridgehead atoms. The van der Waals surface area contributed by atoms with Crippen molar-refractivity contribution in [3.63, 3.8) is 0 Å². The maximum absolute atomic E-state index is 12.4. The van der Waals surface area contributed by atoms with Crippen molar-refractivity contribution in [3.8, 4) is 0 Å². The number of hydrogen-bond acceptors (Lipinski definition) is 5. The number of allylic oxidation sites excluding steroid dienone is 2. The van der Waals surface area contributed by atoms with Gasteiger partial charge >= 0.3 is 0 Å². The Kier molecular flexibility index (Phi) is 33.7. The Labute approximate surface area is 279 Å². The third kappa shape index (κ3) is 29.0. The fraction of sp³-hybridized carbons (Fsp3) is 0.923. The van der Waals surface area contributed by atoms with Gasteiger partial charge in [-0.1, -0.05) is 174 Å². The summed E-state index contributed by atoms with van der Waals surface area (Å²) in [6.45, 7) is 3.97. The first-order chi connectivity index (χ1) is 22.0. The van der Waals surface area contributed by atoms with E-state index in [0.717, 1.165) is 38.5 Å². The molecule has 6 heteroatoms. The molecule has 0 aliphatic heterocycles. The molecule has 0 radical (unpaired) electrons. The molecule has 0 aromatic rings. The molecule has 0 aromatic carbocycles. The summed E-state index contributed by atoms with van der Waals surface area (Å²) in [5.74, 6) is -0.594. The van der Waals surface area contributed by atoms with E-state index in [9.17, 15) is 25.2 Å². The molecule has 0 aromatic heterocycles. The highest BCUT2D eigenvalue weighted by molar-refractivity contribution is 5.80. The van der Waals surface area contributed by atoms with Gasteiger partial charge in [0, 0.05) is 0 Å². The van der Waals surface area contributed by atoms with Crippen LogP contribution >= 0.6 is 0 Å². The lowest BCUT2D eigenvalue weighted by Gasteiger charge is -2.27. The summed E-state index contributed by atoms with van der Waals surface area (Å²) < 4.78 is 0. The Bertz CT molecular complexity index is 643.